The molecule has 3 heteroatoms. The lowest BCUT2D eigenvalue weighted by atomic mass is 10.2. The van der Waals surface area contributed by atoms with E-state index < -0.39 is 0 Å². The van der Waals surface area contributed by atoms with Gasteiger partial charge in [0.05, 0.1) is 12.8 Å². The van der Waals surface area contributed by atoms with Crippen LogP contribution >= 0.6 is 0 Å². The molecule has 0 bridgehead atoms. The van der Waals surface area contributed by atoms with Gasteiger partial charge in [-0.05, 0) is 37.9 Å². The van der Waals surface area contributed by atoms with E-state index in [1.54, 1.807) is 6.26 Å². The molecule has 1 saturated carbocycles. The lowest BCUT2D eigenvalue weighted by Gasteiger charge is -2.20. The Morgan fingerprint density at radius 2 is 2.22 bits per heavy atom. The van der Waals surface area contributed by atoms with Gasteiger partial charge >= 0.3 is 0 Å². The summed E-state index contributed by atoms with van der Waals surface area (Å²) in [6.45, 7) is 6.61. The van der Waals surface area contributed by atoms with E-state index in [0.717, 1.165) is 38.0 Å². The first kappa shape index (κ1) is 13.6. The third-order valence-electron chi connectivity index (χ3n) is 3.54. The Kier molecular flexibility index (Phi) is 5.75. The van der Waals surface area contributed by atoms with Crippen molar-refractivity contribution in [3.63, 3.8) is 0 Å². The molecular formula is C15H26N2O. The van der Waals surface area contributed by atoms with Crippen LogP contribution in [0.5, 0.6) is 0 Å². The molecule has 2 rings (SSSR count). The number of rotatable bonds is 10. The van der Waals surface area contributed by atoms with Crippen LogP contribution in [-0.2, 0) is 6.54 Å². The highest BCUT2D eigenvalue weighted by molar-refractivity contribution is 4.99. The first-order valence-corrected chi connectivity index (χ1v) is 7.37. The molecule has 1 heterocycles. The van der Waals surface area contributed by atoms with Crippen LogP contribution in [0.1, 0.15) is 44.8 Å². The van der Waals surface area contributed by atoms with E-state index >= 15 is 0 Å². The largest absolute Gasteiger partial charge is 0.468 e. The molecule has 0 atom stereocenters. The Hall–Kier alpha value is -0.800. The van der Waals surface area contributed by atoms with Crippen molar-refractivity contribution >= 4 is 0 Å². The van der Waals surface area contributed by atoms with Crippen molar-refractivity contribution < 1.29 is 4.42 Å². The van der Waals surface area contributed by atoms with Crippen LogP contribution in [0.3, 0.4) is 0 Å². The van der Waals surface area contributed by atoms with E-state index in [2.05, 4.69) is 23.2 Å². The molecule has 0 amide bonds. The van der Waals surface area contributed by atoms with Gasteiger partial charge in [-0.15, -0.1) is 0 Å². The lowest BCUT2D eigenvalue weighted by Crippen LogP contribution is -2.33. The van der Waals surface area contributed by atoms with Gasteiger partial charge in [0.25, 0.3) is 0 Å². The zero-order chi connectivity index (χ0) is 12.6. The van der Waals surface area contributed by atoms with Crippen LogP contribution in [0.2, 0.25) is 0 Å². The molecule has 1 aliphatic rings. The predicted octanol–water partition coefficient (Wildman–Crippen LogP) is 3.02. The highest BCUT2D eigenvalue weighted by Crippen LogP contribution is 2.27. The second-order valence-corrected chi connectivity index (χ2v) is 5.24. The van der Waals surface area contributed by atoms with Crippen molar-refractivity contribution in [1.82, 2.24) is 10.2 Å². The summed E-state index contributed by atoms with van der Waals surface area (Å²) in [5.74, 6) is 1.09. The summed E-state index contributed by atoms with van der Waals surface area (Å²) >= 11 is 0. The summed E-state index contributed by atoms with van der Waals surface area (Å²) in [5.41, 5.74) is 0. The number of unbranched alkanes of at least 4 members (excludes halogenated alkanes) is 2. The van der Waals surface area contributed by atoms with E-state index in [9.17, 15) is 0 Å². The smallest absolute Gasteiger partial charge is 0.117 e. The fourth-order valence-corrected chi connectivity index (χ4v) is 2.28. The monoisotopic (exact) mass is 250 g/mol. The Morgan fingerprint density at radius 1 is 1.33 bits per heavy atom. The maximum atomic E-state index is 5.44. The van der Waals surface area contributed by atoms with Crippen LogP contribution in [-0.4, -0.2) is 30.6 Å². The first-order chi connectivity index (χ1) is 8.90. The minimum Gasteiger partial charge on any atom is -0.468 e. The number of hydrogen-bond acceptors (Lipinski definition) is 3. The Balaban J connectivity index is 1.61. The third-order valence-corrected chi connectivity index (χ3v) is 3.54. The van der Waals surface area contributed by atoms with Gasteiger partial charge in [0, 0.05) is 19.1 Å². The minimum atomic E-state index is 0.799. The maximum Gasteiger partial charge on any atom is 0.117 e. The predicted molar refractivity (Wildman–Crippen MR) is 74.5 cm³/mol. The highest BCUT2D eigenvalue weighted by atomic mass is 16.3. The normalized spacial score (nSPS) is 15.4. The van der Waals surface area contributed by atoms with Crippen molar-refractivity contribution in [2.45, 2.75) is 51.6 Å². The Bertz CT molecular complexity index is 306. The van der Waals surface area contributed by atoms with Crippen LogP contribution in [0.4, 0.5) is 0 Å². The quantitative estimate of drug-likeness (QED) is 0.647. The van der Waals surface area contributed by atoms with Gasteiger partial charge in [0.15, 0.2) is 0 Å². The summed E-state index contributed by atoms with van der Waals surface area (Å²) in [6, 6.07) is 4.85. The van der Waals surface area contributed by atoms with Gasteiger partial charge in [0.1, 0.15) is 5.76 Å². The molecule has 1 aromatic rings. The van der Waals surface area contributed by atoms with Crippen molar-refractivity contribution in [2.75, 3.05) is 19.6 Å². The summed E-state index contributed by atoms with van der Waals surface area (Å²) in [5, 5.41) is 3.54. The van der Waals surface area contributed by atoms with E-state index in [0.29, 0.717) is 0 Å². The molecule has 18 heavy (non-hydrogen) atoms. The zero-order valence-corrected chi connectivity index (χ0v) is 11.5. The average molecular weight is 250 g/mol. The second kappa shape index (κ2) is 7.59. The topological polar surface area (TPSA) is 28.4 Å². The van der Waals surface area contributed by atoms with E-state index in [1.165, 1.54) is 32.1 Å². The fourth-order valence-electron chi connectivity index (χ4n) is 2.28. The average Bonchev–Trinajstić information content (AvgIpc) is 3.10. The summed E-state index contributed by atoms with van der Waals surface area (Å²) < 4.78 is 5.44. The summed E-state index contributed by atoms with van der Waals surface area (Å²) in [4.78, 5) is 2.55. The van der Waals surface area contributed by atoms with Crippen LogP contribution < -0.4 is 5.32 Å². The molecule has 0 aliphatic heterocycles. The summed E-state index contributed by atoms with van der Waals surface area (Å²) in [6.07, 6.45) is 8.43. The van der Waals surface area contributed by atoms with Crippen molar-refractivity contribution in [2.24, 2.45) is 0 Å². The number of hydrogen-bond donors (Lipinski definition) is 1. The molecule has 0 radical (unpaired) electrons. The molecule has 0 unspecified atom stereocenters. The Labute approximate surface area is 111 Å². The number of nitrogens with zero attached hydrogens (tertiary/aromatic N) is 1. The molecule has 102 valence electrons. The molecular weight excluding hydrogens is 224 g/mol. The molecule has 0 saturated heterocycles. The van der Waals surface area contributed by atoms with Gasteiger partial charge in [-0.3, -0.25) is 4.90 Å². The number of furan rings is 1. The standard InChI is InChI=1S/C15H26N2O/c1-2-3-4-9-16-10-11-17(14-7-8-14)13-15-6-5-12-18-15/h5-6,12,14,16H,2-4,7-11,13H2,1H3. The molecule has 0 spiro atoms. The zero-order valence-electron chi connectivity index (χ0n) is 11.5. The van der Waals surface area contributed by atoms with Crippen LogP contribution in [0, 0.1) is 0 Å². The Morgan fingerprint density at radius 3 is 2.89 bits per heavy atom. The van der Waals surface area contributed by atoms with Crippen LogP contribution in [0.15, 0.2) is 22.8 Å². The minimum absolute atomic E-state index is 0.799. The van der Waals surface area contributed by atoms with Gasteiger partial charge in [0.2, 0.25) is 0 Å². The first-order valence-electron chi connectivity index (χ1n) is 7.37. The van der Waals surface area contributed by atoms with E-state index in [1.807, 2.05) is 6.07 Å². The van der Waals surface area contributed by atoms with E-state index in [4.69, 9.17) is 4.42 Å². The molecule has 1 aromatic heterocycles. The van der Waals surface area contributed by atoms with Gasteiger partial charge < -0.3 is 9.73 Å². The fraction of sp³-hybridized carbons (Fsp3) is 0.733. The molecule has 1 aliphatic carbocycles. The maximum absolute atomic E-state index is 5.44. The highest BCUT2D eigenvalue weighted by Gasteiger charge is 2.28. The molecule has 0 aromatic carbocycles. The van der Waals surface area contributed by atoms with Crippen molar-refractivity contribution in [3.8, 4) is 0 Å². The van der Waals surface area contributed by atoms with Crippen molar-refractivity contribution in [1.29, 1.82) is 0 Å². The summed E-state index contributed by atoms with van der Waals surface area (Å²) in [7, 11) is 0. The van der Waals surface area contributed by atoms with Crippen molar-refractivity contribution in [3.05, 3.63) is 24.2 Å². The SMILES string of the molecule is CCCCCNCCN(Cc1ccco1)C1CC1. The molecule has 1 N–H and O–H groups in total. The van der Waals surface area contributed by atoms with E-state index in [-0.39, 0.29) is 0 Å². The van der Waals surface area contributed by atoms with Crippen LogP contribution in [0.25, 0.3) is 0 Å². The lowest BCUT2D eigenvalue weighted by molar-refractivity contribution is 0.234. The molecule has 3 nitrogen and oxygen atoms in total. The third kappa shape index (κ3) is 4.83. The molecule has 1 fully saturated rings. The number of nitrogens with one attached hydrogen (secondary N) is 1. The van der Waals surface area contributed by atoms with Gasteiger partial charge in [-0.1, -0.05) is 19.8 Å². The van der Waals surface area contributed by atoms with Gasteiger partial charge in [-0.2, -0.15) is 0 Å². The second-order valence-electron chi connectivity index (χ2n) is 5.24. The van der Waals surface area contributed by atoms with Gasteiger partial charge in [-0.25, -0.2) is 0 Å².